The molecule has 0 amide bonds. The zero-order valence-electron chi connectivity index (χ0n) is 6.00. The van der Waals surface area contributed by atoms with E-state index in [-0.39, 0.29) is 4.90 Å². The van der Waals surface area contributed by atoms with Crippen molar-refractivity contribution in [3.8, 4) is 0 Å². The van der Waals surface area contributed by atoms with Crippen molar-refractivity contribution in [1.82, 2.24) is 0 Å². The zero-order valence-corrected chi connectivity index (χ0v) is 13.1. The summed E-state index contributed by atoms with van der Waals surface area (Å²) in [4.78, 5) is -0.301. The molecule has 0 aromatic heterocycles. The van der Waals surface area contributed by atoms with Gasteiger partial charge in [-0.25, -0.2) is 0 Å². The average Bonchev–Trinajstić information content (AvgIpc) is 2.03. The minimum absolute atomic E-state index is 0.301. The fourth-order valence-corrected chi connectivity index (χ4v) is 4.37. The molecular weight excluding hydrogens is 391 g/mol. The van der Waals surface area contributed by atoms with E-state index in [1.165, 1.54) is 12.1 Å². The van der Waals surface area contributed by atoms with Gasteiger partial charge in [0.25, 0.3) is 0 Å². The molecule has 0 N–H and O–H groups in total. The third kappa shape index (κ3) is 2.67. The van der Waals surface area contributed by atoms with Crippen LogP contribution in [0.2, 0.25) is 0 Å². The van der Waals surface area contributed by atoms with Gasteiger partial charge in [0.2, 0.25) is 0 Å². The van der Waals surface area contributed by atoms with Crippen LogP contribution in [0.5, 0.6) is 0 Å². The van der Waals surface area contributed by atoms with Crippen LogP contribution >= 0.6 is 8.25 Å². The van der Waals surface area contributed by atoms with Crippen LogP contribution in [-0.2, 0) is 33.6 Å². The molecule has 2 nitrogen and oxygen atoms in total. The summed E-state index contributed by atoms with van der Waals surface area (Å²) >= 11 is -1.47. The van der Waals surface area contributed by atoms with Crippen LogP contribution in [0.3, 0.4) is 0 Å². The van der Waals surface area contributed by atoms with Crippen molar-refractivity contribution in [2.24, 2.45) is 0 Å². The Kier molecular flexibility index (Phi) is 3.49. The van der Waals surface area contributed by atoms with Crippen LogP contribution in [0.4, 0.5) is 3.89 Å². The van der Waals surface area contributed by atoms with Gasteiger partial charge in [0.15, 0.2) is 0 Å². The summed E-state index contributed by atoms with van der Waals surface area (Å²) in [6.45, 7) is 0. The molecular formula is C6H4ClFHgO2S. The molecule has 0 fully saturated rings. The molecule has 0 unspecified atom stereocenters. The Balaban J connectivity index is 3.09. The first-order valence-corrected chi connectivity index (χ1v) is 14.0. The molecule has 0 bridgehead atoms. The minimum atomic E-state index is -4.55. The van der Waals surface area contributed by atoms with E-state index in [1.54, 1.807) is 12.1 Å². The van der Waals surface area contributed by atoms with Gasteiger partial charge >= 0.3 is 86.3 Å². The summed E-state index contributed by atoms with van der Waals surface area (Å²) in [6.07, 6.45) is 0. The summed E-state index contributed by atoms with van der Waals surface area (Å²) < 4.78 is 34.0. The van der Waals surface area contributed by atoms with E-state index < -0.39 is 33.6 Å². The Hall–Kier alpha value is 0.325. The number of hydrogen-bond donors (Lipinski definition) is 0. The van der Waals surface area contributed by atoms with Crippen LogP contribution in [0.25, 0.3) is 0 Å². The van der Waals surface area contributed by atoms with Gasteiger partial charge in [-0.15, -0.1) is 0 Å². The van der Waals surface area contributed by atoms with Gasteiger partial charge in [-0.2, -0.15) is 0 Å². The second kappa shape index (κ2) is 4.02. The normalized spacial score (nSPS) is 10.8. The SMILES string of the molecule is O=S(=O)(F)c1cc[c]([Hg][Cl])cc1. The molecule has 0 aliphatic rings. The number of benzene rings is 1. The molecule has 0 aliphatic carbocycles. The van der Waals surface area contributed by atoms with E-state index in [4.69, 9.17) is 8.25 Å². The molecule has 1 aromatic carbocycles. The summed E-state index contributed by atoms with van der Waals surface area (Å²) in [7, 11) is 1.13. The summed E-state index contributed by atoms with van der Waals surface area (Å²) in [5.74, 6) is 0. The van der Waals surface area contributed by atoms with E-state index in [2.05, 4.69) is 0 Å². The first kappa shape index (κ1) is 10.4. The third-order valence-corrected chi connectivity index (χ3v) is 7.93. The van der Waals surface area contributed by atoms with E-state index in [9.17, 15) is 12.3 Å². The molecule has 0 saturated carbocycles. The maximum absolute atomic E-state index is 12.3. The third-order valence-electron chi connectivity index (χ3n) is 1.36. The topological polar surface area (TPSA) is 34.1 Å². The second-order valence-corrected chi connectivity index (χ2v) is 10.1. The Morgan fingerprint density at radius 1 is 1.25 bits per heavy atom. The van der Waals surface area contributed by atoms with Crippen molar-refractivity contribution < 1.29 is 35.6 Å². The quantitative estimate of drug-likeness (QED) is 0.558. The van der Waals surface area contributed by atoms with Crippen LogP contribution in [0, 0.1) is 0 Å². The van der Waals surface area contributed by atoms with Gasteiger partial charge in [-0.3, -0.25) is 0 Å². The number of hydrogen-bond acceptors (Lipinski definition) is 2. The van der Waals surface area contributed by atoms with Crippen molar-refractivity contribution in [3.63, 3.8) is 0 Å². The van der Waals surface area contributed by atoms with Crippen molar-refractivity contribution in [2.75, 3.05) is 0 Å². The molecule has 1 aromatic rings. The fraction of sp³-hybridized carbons (Fsp3) is 0. The second-order valence-electron chi connectivity index (χ2n) is 2.22. The summed E-state index contributed by atoms with van der Waals surface area (Å²) in [5, 5.41) is 0. The van der Waals surface area contributed by atoms with Gasteiger partial charge in [0, 0.05) is 0 Å². The van der Waals surface area contributed by atoms with Gasteiger partial charge in [-0.1, -0.05) is 0 Å². The van der Waals surface area contributed by atoms with Crippen molar-refractivity contribution in [2.45, 2.75) is 4.90 Å². The molecule has 0 spiro atoms. The molecule has 0 heterocycles. The molecule has 1 rings (SSSR count). The Morgan fingerprint density at radius 2 is 1.75 bits per heavy atom. The fourth-order valence-electron chi connectivity index (χ4n) is 0.741. The van der Waals surface area contributed by atoms with Crippen molar-refractivity contribution in [3.05, 3.63) is 24.3 Å². The monoisotopic (exact) mass is 396 g/mol. The summed E-state index contributed by atoms with van der Waals surface area (Å²) in [6, 6.07) is 5.63. The molecule has 0 saturated heterocycles. The molecule has 0 radical (unpaired) electrons. The van der Waals surface area contributed by atoms with Gasteiger partial charge < -0.3 is 0 Å². The summed E-state index contributed by atoms with van der Waals surface area (Å²) in [5.41, 5.74) is 0. The standard InChI is InChI=1S/C6H4FO2S.ClH.Hg/c7-10(8,9)6-4-2-1-3-5-6;;/h2-5H;1H;/q;;+1/p-1. The maximum atomic E-state index is 12.3. The molecule has 12 heavy (non-hydrogen) atoms. The molecule has 62 valence electrons. The predicted molar refractivity (Wildman–Crippen MR) is 40.2 cm³/mol. The zero-order chi connectivity index (χ0) is 9.19. The van der Waals surface area contributed by atoms with E-state index in [0.717, 1.165) is 3.07 Å². The molecule has 0 aliphatic heterocycles. The van der Waals surface area contributed by atoms with Gasteiger partial charge in [0.1, 0.15) is 0 Å². The predicted octanol–water partition coefficient (Wildman–Crippen LogP) is 1.21. The first-order chi connectivity index (χ1) is 5.54. The molecule has 6 heteroatoms. The van der Waals surface area contributed by atoms with Crippen LogP contribution < -0.4 is 3.07 Å². The number of halogens is 2. The van der Waals surface area contributed by atoms with E-state index in [1.807, 2.05) is 0 Å². The van der Waals surface area contributed by atoms with E-state index >= 15 is 0 Å². The Labute approximate surface area is 85.8 Å². The first-order valence-electron chi connectivity index (χ1n) is 3.13. The Morgan fingerprint density at radius 3 is 2.08 bits per heavy atom. The van der Waals surface area contributed by atoms with Crippen LogP contribution in [0.15, 0.2) is 29.2 Å². The van der Waals surface area contributed by atoms with E-state index in [0.29, 0.717) is 0 Å². The van der Waals surface area contributed by atoms with Gasteiger partial charge in [0.05, 0.1) is 0 Å². The molecule has 0 atom stereocenters. The van der Waals surface area contributed by atoms with Crippen LogP contribution in [-0.4, -0.2) is 8.42 Å². The van der Waals surface area contributed by atoms with Crippen molar-refractivity contribution >= 4 is 21.5 Å². The Bertz CT molecular complexity index is 362. The van der Waals surface area contributed by atoms with Crippen molar-refractivity contribution in [1.29, 1.82) is 0 Å². The number of rotatable bonds is 2. The van der Waals surface area contributed by atoms with Gasteiger partial charge in [-0.05, 0) is 0 Å². The van der Waals surface area contributed by atoms with Crippen LogP contribution in [0.1, 0.15) is 0 Å². The average molecular weight is 395 g/mol.